The van der Waals surface area contributed by atoms with Gasteiger partial charge in [0.05, 0.1) is 5.69 Å². The first-order valence-corrected chi connectivity index (χ1v) is 10.3. The lowest BCUT2D eigenvalue weighted by molar-refractivity contribution is 0.102. The molecule has 1 heterocycles. The van der Waals surface area contributed by atoms with Crippen LogP contribution in [0.15, 0.2) is 71.6 Å². The van der Waals surface area contributed by atoms with Gasteiger partial charge in [-0.15, -0.1) is 10.2 Å². The van der Waals surface area contributed by atoms with Gasteiger partial charge in [0, 0.05) is 11.6 Å². The zero-order valence-corrected chi connectivity index (χ0v) is 16.2. The van der Waals surface area contributed by atoms with Crippen molar-refractivity contribution in [3.05, 3.63) is 72.8 Å². The molecule has 0 atom stereocenters. The summed E-state index contributed by atoms with van der Waals surface area (Å²) in [6.07, 6.45) is 1.59. The van der Waals surface area contributed by atoms with Gasteiger partial charge in [-0.25, -0.2) is 0 Å². The summed E-state index contributed by atoms with van der Waals surface area (Å²) in [5.41, 5.74) is 0.739. The lowest BCUT2D eigenvalue weighted by atomic mass is 10.2. The first kappa shape index (κ1) is 19.5. The maximum Gasteiger partial charge on any atom is 0.291 e. The molecule has 0 spiro atoms. The van der Waals surface area contributed by atoms with Crippen molar-refractivity contribution >= 4 is 38.1 Å². The first-order valence-electron chi connectivity index (χ1n) is 8.04. The van der Waals surface area contributed by atoms with Crippen LogP contribution in [0.5, 0.6) is 5.75 Å². The Hall–Kier alpha value is -3.24. The van der Waals surface area contributed by atoms with E-state index in [1.54, 1.807) is 60.7 Å². The van der Waals surface area contributed by atoms with Gasteiger partial charge in [0.2, 0.25) is 5.13 Å². The van der Waals surface area contributed by atoms with E-state index in [4.69, 9.17) is 4.74 Å². The second-order valence-electron chi connectivity index (χ2n) is 5.43. The van der Waals surface area contributed by atoms with Crippen molar-refractivity contribution in [2.75, 3.05) is 16.6 Å². The van der Waals surface area contributed by atoms with Crippen LogP contribution in [0.2, 0.25) is 0 Å². The third-order valence-corrected chi connectivity index (χ3v) is 5.93. The van der Waals surface area contributed by atoms with E-state index < -0.39 is 15.9 Å². The quantitative estimate of drug-likeness (QED) is 0.431. The molecular formula is C18H16N4O4S2. The van der Waals surface area contributed by atoms with Gasteiger partial charge in [-0.2, -0.15) is 8.42 Å². The fraction of sp³-hybridized carbons (Fsp3) is 0.0556. The minimum Gasteiger partial charge on any atom is -0.489 e. The van der Waals surface area contributed by atoms with E-state index in [1.165, 1.54) is 0 Å². The van der Waals surface area contributed by atoms with E-state index in [-0.39, 0.29) is 9.47 Å². The molecule has 0 unspecified atom stereocenters. The lowest BCUT2D eigenvalue weighted by Gasteiger charge is -2.08. The van der Waals surface area contributed by atoms with Crippen LogP contribution in [0.25, 0.3) is 0 Å². The van der Waals surface area contributed by atoms with Gasteiger partial charge in [-0.05, 0) is 24.3 Å². The molecule has 0 aliphatic carbocycles. The van der Waals surface area contributed by atoms with E-state index in [1.807, 2.05) is 0 Å². The van der Waals surface area contributed by atoms with Crippen LogP contribution >= 0.6 is 11.3 Å². The summed E-state index contributed by atoms with van der Waals surface area (Å²) in [6, 6.07) is 15.0. The average Bonchev–Trinajstić information content (AvgIpc) is 3.16. The van der Waals surface area contributed by atoms with Crippen molar-refractivity contribution in [2.45, 2.75) is 4.34 Å². The molecule has 0 saturated carbocycles. The molecule has 0 aliphatic rings. The number of sulfonamides is 1. The molecule has 0 radical (unpaired) electrons. The van der Waals surface area contributed by atoms with Gasteiger partial charge < -0.3 is 4.74 Å². The molecule has 0 aliphatic heterocycles. The Balaban J connectivity index is 1.71. The van der Waals surface area contributed by atoms with Crippen LogP contribution in [0.4, 0.5) is 10.8 Å². The SMILES string of the molecule is C=CCOc1cccc(NS(=O)(=O)c2nnc(NC(=O)c3ccccc3)s2)c1. The number of carbonyl (C=O) groups excluding carboxylic acids is 1. The van der Waals surface area contributed by atoms with Gasteiger partial charge in [-0.3, -0.25) is 14.8 Å². The van der Waals surface area contributed by atoms with E-state index in [2.05, 4.69) is 26.8 Å². The first-order chi connectivity index (χ1) is 13.5. The standard InChI is InChI=1S/C18H16N4O4S2/c1-2-11-26-15-10-6-9-14(12-15)22-28(24,25)18-21-20-17(27-18)19-16(23)13-7-4-3-5-8-13/h2-10,12,22H,1,11H2,(H,19,20,23). The van der Waals surface area contributed by atoms with E-state index in [0.29, 0.717) is 23.6 Å². The Kier molecular flexibility index (Phi) is 6.02. The highest BCUT2D eigenvalue weighted by Gasteiger charge is 2.21. The maximum absolute atomic E-state index is 12.5. The Morgan fingerprint density at radius 2 is 1.93 bits per heavy atom. The van der Waals surface area contributed by atoms with Crippen molar-refractivity contribution < 1.29 is 17.9 Å². The summed E-state index contributed by atoms with van der Waals surface area (Å²) in [5.74, 6) is 0.0916. The highest BCUT2D eigenvalue weighted by atomic mass is 32.2. The number of hydrogen-bond acceptors (Lipinski definition) is 7. The van der Waals surface area contributed by atoms with Crippen molar-refractivity contribution in [3.8, 4) is 5.75 Å². The zero-order chi connectivity index (χ0) is 20.0. The Labute approximate surface area is 165 Å². The van der Waals surface area contributed by atoms with Crippen molar-refractivity contribution in [2.24, 2.45) is 0 Å². The highest BCUT2D eigenvalue weighted by molar-refractivity contribution is 7.94. The molecule has 0 fully saturated rings. The number of anilines is 2. The molecule has 28 heavy (non-hydrogen) atoms. The number of hydrogen-bond donors (Lipinski definition) is 2. The van der Waals surface area contributed by atoms with Crippen molar-refractivity contribution in [1.29, 1.82) is 0 Å². The van der Waals surface area contributed by atoms with E-state index >= 15 is 0 Å². The Morgan fingerprint density at radius 1 is 1.14 bits per heavy atom. The summed E-state index contributed by atoms with van der Waals surface area (Å²) in [6.45, 7) is 3.86. The van der Waals surface area contributed by atoms with Crippen LogP contribution < -0.4 is 14.8 Å². The second kappa shape index (κ2) is 8.63. The average molecular weight is 416 g/mol. The van der Waals surface area contributed by atoms with Crippen LogP contribution in [-0.2, 0) is 10.0 Å². The zero-order valence-electron chi connectivity index (χ0n) is 14.5. The second-order valence-corrected chi connectivity index (χ2v) is 8.26. The maximum atomic E-state index is 12.5. The number of carbonyl (C=O) groups is 1. The summed E-state index contributed by atoms with van der Waals surface area (Å²) in [7, 11) is -3.96. The van der Waals surface area contributed by atoms with Gasteiger partial charge in [-0.1, -0.05) is 48.3 Å². The van der Waals surface area contributed by atoms with Crippen LogP contribution in [0.1, 0.15) is 10.4 Å². The number of nitrogens with zero attached hydrogens (tertiary/aromatic N) is 2. The van der Waals surface area contributed by atoms with Gasteiger partial charge in [0.15, 0.2) is 0 Å². The summed E-state index contributed by atoms with van der Waals surface area (Å²) < 4.78 is 32.6. The number of amides is 1. The minimum absolute atomic E-state index is 0.0808. The summed E-state index contributed by atoms with van der Waals surface area (Å²) >= 11 is 0.751. The number of aromatic nitrogens is 2. The molecule has 0 saturated heterocycles. The van der Waals surface area contributed by atoms with Gasteiger partial charge in [0.25, 0.3) is 20.3 Å². The predicted octanol–water partition coefficient (Wildman–Crippen LogP) is 3.16. The smallest absolute Gasteiger partial charge is 0.291 e. The highest BCUT2D eigenvalue weighted by Crippen LogP contribution is 2.24. The number of rotatable bonds is 8. The molecule has 10 heteroatoms. The van der Waals surface area contributed by atoms with Crippen molar-refractivity contribution in [1.82, 2.24) is 10.2 Å². The molecule has 2 N–H and O–H groups in total. The Morgan fingerprint density at radius 3 is 2.68 bits per heavy atom. The van der Waals surface area contributed by atoms with E-state index in [0.717, 1.165) is 11.3 Å². The van der Waals surface area contributed by atoms with Gasteiger partial charge in [0.1, 0.15) is 12.4 Å². The van der Waals surface area contributed by atoms with Crippen LogP contribution in [0.3, 0.4) is 0 Å². The summed E-state index contributed by atoms with van der Waals surface area (Å²) in [5, 5.41) is 10.0. The third-order valence-electron chi connectivity index (χ3n) is 3.35. The number of nitrogens with one attached hydrogen (secondary N) is 2. The van der Waals surface area contributed by atoms with Crippen LogP contribution in [0, 0.1) is 0 Å². The molecular weight excluding hydrogens is 400 g/mol. The fourth-order valence-corrected chi connectivity index (χ4v) is 4.08. The topological polar surface area (TPSA) is 110 Å². The van der Waals surface area contributed by atoms with E-state index in [9.17, 15) is 13.2 Å². The third kappa shape index (κ3) is 4.93. The molecule has 3 rings (SSSR count). The normalized spacial score (nSPS) is 10.9. The molecule has 144 valence electrons. The minimum atomic E-state index is -3.96. The van der Waals surface area contributed by atoms with Crippen molar-refractivity contribution in [3.63, 3.8) is 0 Å². The molecule has 8 nitrogen and oxygen atoms in total. The molecule has 1 amide bonds. The Bertz CT molecular complexity index is 1080. The fourth-order valence-electron chi connectivity index (χ4n) is 2.13. The van der Waals surface area contributed by atoms with Crippen LogP contribution in [-0.4, -0.2) is 31.1 Å². The monoisotopic (exact) mass is 416 g/mol. The molecule has 2 aromatic carbocycles. The van der Waals surface area contributed by atoms with Gasteiger partial charge >= 0.3 is 0 Å². The molecule has 0 bridgehead atoms. The molecule has 1 aromatic heterocycles. The lowest BCUT2D eigenvalue weighted by Crippen LogP contribution is -2.12. The predicted molar refractivity (Wildman–Crippen MR) is 107 cm³/mol. The molecule has 3 aromatic rings. The summed E-state index contributed by atoms with van der Waals surface area (Å²) in [4.78, 5) is 12.1. The number of ether oxygens (including phenoxy) is 1. The number of benzene rings is 2. The largest absolute Gasteiger partial charge is 0.489 e.